The average Bonchev–Trinajstić information content (AvgIpc) is 2.81. The number of thioether (sulfide) groups is 1. The summed E-state index contributed by atoms with van der Waals surface area (Å²) in [6, 6.07) is 4.92. The number of rotatable bonds is 6. The SMILES string of the molecule is COC(=O)COc1ccc(/C=C2\SC(=O)N(CC(N)=O)C2=O)cc1Br. The molecule has 1 aromatic carbocycles. The summed E-state index contributed by atoms with van der Waals surface area (Å²) in [5, 5.41) is -0.549. The molecule has 1 aliphatic heterocycles. The van der Waals surface area contributed by atoms with Crippen molar-refractivity contribution in [3.8, 4) is 5.75 Å². The number of halogens is 1. The van der Waals surface area contributed by atoms with Gasteiger partial charge in [0.15, 0.2) is 6.61 Å². The van der Waals surface area contributed by atoms with Gasteiger partial charge in [-0.25, -0.2) is 4.79 Å². The lowest BCUT2D eigenvalue weighted by Crippen LogP contribution is -2.36. The molecule has 1 aliphatic rings. The number of esters is 1. The van der Waals surface area contributed by atoms with Crippen molar-refractivity contribution in [3.05, 3.63) is 33.1 Å². The number of imide groups is 1. The quantitative estimate of drug-likeness (QED) is 0.539. The summed E-state index contributed by atoms with van der Waals surface area (Å²) in [6.45, 7) is -0.688. The second-order valence-corrected chi connectivity index (χ2v) is 6.64. The van der Waals surface area contributed by atoms with Gasteiger partial charge in [-0.3, -0.25) is 19.3 Å². The Kier molecular flexibility index (Phi) is 6.21. The number of carbonyl (C=O) groups is 4. The predicted molar refractivity (Wildman–Crippen MR) is 93.5 cm³/mol. The van der Waals surface area contributed by atoms with E-state index in [0.29, 0.717) is 15.8 Å². The van der Waals surface area contributed by atoms with Crippen molar-refractivity contribution in [3.63, 3.8) is 0 Å². The second-order valence-electron chi connectivity index (χ2n) is 4.79. The minimum absolute atomic E-state index is 0.182. The van der Waals surface area contributed by atoms with Gasteiger partial charge in [0.2, 0.25) is 5.91 Å². The van der Waals surface area contributed by atoms with E-state index in [4.69, 9.17) is 10.5 Å². The Balaban J connectivity index is 2.14. The van der Waals surface area contributed by atoms with E-state index in [1.807, 2.05) is 0 Å². The van der Waals surface area contributed by atoms with E-state index in [9.17, 15) is 19.2 Å². The van der Waals surface area contributed by atoms with Crippen molar-refractivity contribution >= 4 is 56.8 Å². The number of carbonyl (C=O) groups excluding carboxylic acids is 4. The summed E-state index contributed by atoms with van der Waals surface area (Å²) in [4.78, 5) is 46.9. The zero-order valence-corrected chi connectivity index (χ0v) is 15.4. The maximum absolute atomic E-state index is 12.1. The third kappa shape index (κ3) is 4.83. The third-order valence-electron chi connectivity index (χ3n) is 3.01. The summed E-state index contributed by atoms with van der Waals surface area (Å²) in [5.41, 5.74) is 5.65. The Hall–Kier alpha value is -2.33. The molecule has 3 amide bonds. The molecular formula is C15H13BrN2O6S. The first kappa shape index (κ1) is 19.0. The topological polar surface area (TPSA) is 116 Å². The van der Waals surface area contributed by atoms with E-state index in [0.717, 1.165) is 16.7 Å². The number of ether oxygens (including phenoxy) is 2. The first-order chi connectivity index (χ1) is 11.8. The predicted octanol–water partition coefficient (Wildman–Crippen LogP) is 1.52. The minimum atomic E-state index is -0.765. The van der Waals surface area contributed by atoms with Crippen LogP contribution in [0.1, 0.15) is 5.56 Å². The molecule has 0 unspecified atom stereocenters. The van der Waals surface area contributed by atoms with Crippen molar-refractivity contribution < 1.29 is 28.7 Å². The first-order valence-electron chi connectivity index (χ1n) is 6.84. The van der Waals surface area contributed by atoms with Gasteiger partial charge >= 0.3 is 5.97 Å². The van der Waals surface area contributed by atoms with Crippen LogP contribution in [0, 0.1) is 0 Å². The summed E-state index contributed by atoms with van der Waals surface area (Å²) < 4.78 is 10.3. The van der Waals surface area contributed by atoms with Crippen molar-refractivity contribution in [1.82, 2.24) is 4.90 Å². The Morgan fingerprint density at radius 3 is 2.68 bits per heavy atom. The highest BCUT2D eigenvalue weighted by Crippen LogP contribution is 2.33. The number of hydrogen-bond acceptors (Lipinski definition) is 7. The third-order valence-corrected chi connectivity index (χ3v) is 4.54. The molecule has 8 nitrogen and oxygen atoms in total. The molecule has 2 rings (SSSR count). The summed E-state index contributed by atoms with van der Waals surface area (Å²) >= 11 is 4.03. The Labute approximate surface area is 155 Å². The maximum atomic E-state index is 12.1. The van der Waals surface area contributed by atoms with E-state index in [1.165, 1.54) is 13.2 Å². The van der Waals surface area contributed by atoms with E-state index >= 15 is 0 Å². The van der Waals surface area contributed by atoms with Crippen molar-refractivity contribution in [2.45, 2.75) is 0 Å². The zero-order valence-electron chi connectivity index (χ0n) is 13.0. The largest absolute Gasteiger partial charge is 0.481 e. The van der Waals surface area contributed by atoms with Crippen LogP contribution in [0.2, 0.25) is 0 Å². The minimum Gasteiger partial charge on any atom is -0.481 e. The van der Waals surface area contributed by atoms with Crippen LogP contribution in [0.4, 0.5) is 4.79 Å². The molecule has 2 N–H and O–H groups in total. The second kappa shape index (κ2) is 8.17. The maximum Gasteiger partial charge on any atom is 0.343 e. The molecule has 0 radical (unpaired) electrons. The number of primary amides is 1. The number of amides is 3. The monoisotopic (exact) mass is 428 g/mol. The number of methoxy groups -OCH3 is 1. The Morgan fingerprint density at radius 1 is 1.36 bits per heavy atom. The fourth-order valence-corrected chi connectivity index (χ4v) is 3.21. The fraction of sp³-hybridized carbons (Fsp3) is 0.200. The number of nitrogens with zero attached hydrogens (tertiary/aromatic N) is 1. The van der Waals surface area contributed by atoms with Crippen LogP contribution in [-0.4, -0.2) is 48.2 Å². The number of benzene rings is 1. The molecule has 1 fully saturated rings. The normalized spacial score (nSPS) is 15.6. The van der Waals surface area contributed by atoms with Gasteiger partial charge in [0.05, 0.1) is 16.5 Å². The molecule has 25 heavy (non-hydrogen) atoms. The van der Waals surface area contributed by atoms with Crippen LogP contribution in [0.5, 0.6) is 5.75 Å². The van der Waals surface area contributed by atoms with Gasteiger partial charge in [-0.2, -0.15) is 0 Å². The van der Waals surface area contributed by atoms with Crippen molar-refractivity contribution in [2.24, 2.45) is 5.73 Å². The molecule has 0 aromatic heterocycles. The van der Waals surface area contributed by atoms with Gasteiger partial charge in [0.25, 0.3) is 11.1 Å². The zero-order chi connectivity index (χ0) is 18.6. The van der Waals surface area contributed by atoms with Gasteiger partial charge in [-0.05, 0) is 51.5 Å². The van der Waals surface area contributed by atoms with Gasteiger partial charge in [-0.1, -0.05) is 6.07 Å². The summed E-state index contributed by atoms with van der Waals surface area (Å²) in [7, 11) is 1.26. The Bertz CT molecular complexity index is 779. The molecule has 0 aliphatic carbocycles. The fourth-order valence-electron chi connectivity index (χ4n) is 1.86. The van der Waals surface area contributed by atoms with E-state index in [-0.39, 0.29) is 11.5 Å². The van der Waals surface area contributed by atoms with Gasteiger partial charge in [0, 0.05) is 0 Å². The Morgan fingerprint density at radius 2 is 2.08 bits per heavy atom. The molecular weight excluding hydrogens is 416 g/mol. The average molecular weight is 429 g/mol. The lowest BCUT2D eigenvalue weighted by Gasteiger charge is -2.09. The van der Waals surface area contributed by atoms with E-state index in [2.05, 4.69) is 20.7 Å². The van der Waals surface area contributed by atoms with Crippen LogP contribution >= 0.6 is 27.7 Å². The lowest BCUT2D eigenvalue weighted by atomic mass is 10.2. The molecule has 0 spiro atoms. The van der Waals surface area contributed by atoms with Crippen molar-refractivity contribution in [1.29, 1.82) is 0 Å². The van der Waals surface area contributed by atoms with Crippen LogP contribution in [0.15, 0.2) is 27.6 Å². The smallest absolute Gasteiger partial charge is 0.343 e. The molecule has 0 bridgehead atoms. The molecule has 10 heteroatoms. The van der Waals surface area contributed by atoms with E-state index in [1.54, 1.807) is 18.2 Å². The van der Waals surface area contributed by atoms with Crippen LogP contribution < -0.4 is 10.5 Å². The number of nitrogens with two attached hydrogens (primary N) is 1. The summed E-state index contributed by atoms with van der Waals surface area (Å²) in [5.74, 6) is -1.43. The van der Waals surface area contributed by atoms with E-state index < -0.39 is 29.6 Å². The van der Waals surface area contributed by atoms with Crippen LogP contribution in [0.3, 0.4) is 0 Å². The highest BCUT2D eigenvalue weighted by Gasteiger charge is 2.35. The van der Waals surface area contributed by atoms with Gasteiger partial charge < -0.3 is 15.2 Å². The molecule has 0 atom stereocenters. The lowest BCUT2D eigenvalue weighted by molar-refractivity contribution is -0.143. The van der Waals surface area contributed by atoms with Gasteiger partial charge in [-0.15, -0.1) is 0 Å². The highest BCUT2D eigenvalue weighted by molar-refractivity contribution is 9.10. The first-order valence-corrected chi connectivity index (χ1v) is 8.45. The highest BCUT2D eigenvalue weighted by atomic mass is 79.9. The van der Waals surface area contributed by atoms with Crippen LogP contribution in [0.25, 0.3) is 6.08 Å². The number of hydrogen-bond donors (Lipinski definition) is 1. The molecule has 132 valence electrons. The molecule has 1 heterocycles. The van der Waals surface area contributed by atoms with Gasteiger partial charge in [0.1, 0.15) is 12.3 Å². The summed E-state index contributed by atoms with van der Waals surface area (Å²) in [6.07, 6.45) is 1.51. The molecule has 0 saturated carbocycles. The molecule has 1 saturated heterocycles. The molecule has 1 aromatic rings. The van der Waals surface area contributed by atoms with Crippen LogP contribution in [-0.2, 0) is 19.1 Å². The standard InChI is InChI=1S/C15H13BrN2O6S/c1-23-13(20)7-24-10-3-2-8(4-9(10)16)5-11-14(21)18(6-12(17)19)15(22)25-11/h2-5H,6-7H2,1H3,(H2,17,19)/b11-5-. The van der Waals surface area contributed by atoms with Crippen molar-refractivity contribution in [2.75, 3.05) is 20.3 Å².